The molecule has 0 bridgehead atoms. The van der Waals surface area contributed by atoms with Gasteiger partial charge in [-0.1, -0.05) is 37.2 Å². The van der Waals surface area contributed by atoms with Gasteiger partial charge in [0.25, 0.3) is 5.91 Å². The molecule has 2 saturated heterocycles. The third kappa shape index (κ3) is 3.71. The van der Waals surface area contributed by atoms with Crippen LogP contribution in [0.25, 0.3) is 0 Å². The Morgan fingerprint density at radius 3 is 2.84 bits per heavy atom. The Bertz CT molecular complexity index is 844. The average Bonchev–Trinajstić information content (AvgIpc) is 3.00. The van der Waals surface area contributed by atoms with Gasteiger partial charge >= 0.3 is 0 Å². The highest BCUT2D eigenvalue weighted by Gasteiger charge is 2.49. The molecule has 2 heterocycles. The maximum Gasteiger partial charge on any atom is 0.250 e. The molecule has 1 amide bonds. The van der Waals surface area contributed by atoms with Crippen LogP contribution in [0.1, 0.15) is 20.3 Å². The van der Waals surface area contributed by atoms with E-state index < -0.39 is 15.7 Å². The molecule has 25 heavy (non-hydrogen) atoms. The lowest BCUT2D eigenvalue weighted by Crippen LogP contribution is -2.37. The molecule has 0 aromatic heterocycles. The highest BCUT2D eigenvalue weighted by atomic mass is 35.5. The van der Waals surface area contributed by atoms with Gasteiger partial charge in [-0.3, -0.25) is 4.79 Å². The zero-order valence-electron chi connectivity index (χ0n) is 13.8. The van der Waals surface area contributed by atoms with Crippen molar-refractivity contribution in [2.24, 2.45) is 10.9 Å². The summed E-state index contributed by atoms with van der Waals surface area (Å²) in [4.78, 5) is 18.2. The van der Waals surface area contributed by atoms with Crippen LogP contribution in [-0.4, -0.2) is 42.3 Å². The summed E-state index contributed by atoms with van der Waals surface area (Å²) < 4.78 is 37.5. The summed E-state index contributed by atoms with van der Waals surface area (Å²) in [6, 6.07) is 3.86. The van der Waals surface area contributed by atoms with E-state index in [0.29, 0.717) is 17.3 Å². The monoisotopic (exact) mass is 404 g/mol. The fourth-order valence-corrected chi connectivity index (χ4v) is 6.97. The lowest BCUT2D eigenvalue weighted by molar-refractivity contribution is -0.121. The molecule has 5 nitrogen and oxygen atoms in total. The van der Waals surface area contributed by atoms with Crippen molar-refractivity contribution in [3.8, 4) is 0 Å². The molecule has 0 aliphatic carbocycles. The number of amides is 1. The number of hydrogen-bond donors (Lipinski definition) is 0. The van der Waals surface area contributed by atoms with Gasteiger partial charge in [-0.15, -0.1) is 0 Å². The largest absolute Gasteiger partial charge is 0.316 e. The summed E-state index contributed by atoms with van der Waals surface area (Å²) in [5.74, 6) is -0.982. The third-order valence-corrected chi connectivity index (χ3v) is 7.99. The molecule has 0 N–H and O–H groups in total. The predicted octanol–water partition coefficient (Wildman–Crippen LogP) is 3.13. The highest BCUT2D eigenvalue weighted by molar-refractivity contribution is 8.16. The van der Waals surface area contributed by atoms with E-state index in [-0.39, 0.29) is 39.6 Å². The Morgan fingerprint density at radius 2 is 2.20 bits per heavy atom. The SMILES string of the molecule is CC[C@H](C)C(=O)N=C1S[C@H]2CS(=O)(=O)C[C@H]2N1c1ccc(F)c(Cl)c1. The fourth-order valence-electron chi connectivity index (χ4n) is 2.88. The minimum Gasteiger partial charge on any atom is -0.316 e. The maximum atomic E-state index is 13.5. The number of carbonyl (C=O) groups excluding carboxylic acids is 1. The average molecular weight is 405 g/mol. The van der Waals surface area contributed by atoms with E-state index in [4.69, 9.17) is 11.6 Å². The highest BCUT2D eigenvalue weighted by Crippen LogP contribution is 2.41. The molecule has 0 saturated carbocycles. The third-order valence-electron chi connectivity index (χ3n) is 4.49. The Morgan fingerprint density at radius 1 is 1.48 bits per heavy atom. The van der Waals surface area contributed by atoms with Crippen molar-refractivity contribution in [3.05, 3.63) is 29.0 Å². The summed E-state index contributed by atoms with van der Waals surface area (Å²) in [6.07, 6.45) is 0.671. The number of carbonyl (C=O) groups is 1. The molecule has 136 valence electrons. The molecule has 2 aliphatic heterocycles. The fraction of sp³-hybridized carbons (Fsp3) is 0.500. The van der Waals surface area contributed by atoms with Crippen LogP contribution in [0.4, 0.5) is 10.1 Å². The number of rotatable bonds is 3. The molecule has 2 fully saturated rings. The number of aliphatic imine (C=N–C) groups is 1. The number of thioether (sulfide) groups is 1. The number of anilines is 1. The van der Waals surface area contributed by atoms with E-state index in [1.165, 1.54) is 30.0 Å². The van der Waals surface area contributed by atoms with E-state index in [2.05, 4.69) is 4.99 Å². The number of hydrogen-bond acceptors (Lipinski definition) is 4. The van der Waals surface area contributed by atoms with Gasteiger partial charge in [0.2, 0.25) is 0 Å². The molecule has 0 radical (unpaired) electrons. The Hall–Kier alpha value is -1.12. The molecule has 2 aliphatic rings. The minimum absolute atomic E-state index is 0.0177. The summed E-state index contributed by atoms with van der Waals surface area (Å²) in [7, 11) is -3.15. The van der Waals surface area contributed by atoms with Crippen LogP contribution in [0.15, 0.2) is 23.2 Å². The Kier molecular flexibility index (Phi) is 5.14. The van der Waals surface area contributed by atoms with Gasteiger partial charge in [0.1, 0.15) is 5.82 Å². The molecule has 0 spiro atoms. The predicted molar refractivity (Wildman–Crippen MR) is 99.6 cm³/mol. The van der Waals surface area contributed by atoms with Gasteiger partial charge in [0.05, 0.1) is 22.6 Å². The molecule has 3 rings (SSSR count). The van der Waals surface area contributed by atoms with Crippen LogP contribution < -0.4 is 4.90 Å². The van der Waals surface area contributed by atoms with E-state index in [9.17, 15) is 17.6 Å². The number of benzene rings is 1. The molecular weight excluding hydrogens is 387 g/mol. The summed E-state index contributed by atoms with van der Waals surface area (Å²) in [5, 5.41) is 0.203. The van der Waals surface area contributed by atoms with Crippen LogP contribution in [-0.2, 0) is 14.6 Å². The second-order valence-corrected chi connectivity index (χ2v) is 10.1. The number of nitrogens with zero attached hydrogens (tertiary/aromatic N) is 2. The lowest BCUT2D eigenvalue weighted by Gasteiger charge is -2.25. The van der Waals surface area contributed by atoms with E-state index in [1.54, 1.807) is 11.8 Å². The smallest absolute Gasteiger partial charge is 0.250 e. The van der Waals surface area contributed by atoms with E-state index in [1.807, 2.05) is 6.92 Å². The van der Waals surface area contributed by atoms with Gasteiger partial charge in [0, 0.05) is 16.9 Å². The first-order chi connectivity index (χ1) is 11.7. The second-order valence-electron chi connectivity index (χ2n) is 6.31. The van der Waals surface area contributed by atoms with Crippen molar-refractivity contribution in [1.29, 1.82) is 0 Å². The molecule has 1 aromatic rings. The summed E-state index contributed by atoms with van der Waals surface area (Å²) >= 11 is 7.18. The van der Waals surface area contributed by atoms with Gasteiger partial charge in [-0.2, -0.15) is 4.99 Å². The Balaban J connectivity index is 2.02. The van der Waals surface area contributed by atoms with Crippen LogP contribution in [0, 0.1) is 11.7 Å². The first kappa shape index (κ1) is 18.7. The van der Waals surface area contributed by atoms with Crippen molar-refractivity contribution >= 4 is 50.0 Å². The zero-order chi connectivity index (χ0) is 18.4. The molecular formula is C16H18ClFN2O3S2. The normalized spacial score (nSPS) is 27.5. The summed E-state index contributed by atoms with van der Waals surface area (Å²) in [6.45, 7) is 3.71. The number of halogens is 2. The van der Waals surface area contributed by atoms with Crippen molar-refractivity contribution in [2.45, 2.75) is 31.6 Å². The topological polar surface area (TPSA) is 66.8 Å². The molecule has 9 heteroatoms. The Labute approximate surface area is 155 Å². The number of amidine groups is 1. The van der Waals surface area contributed by atoms with Gasteiger partial charge in [-0.25, -0.2) is 12.8 Å². The zero-order valence-corrected chi connectivity index (χ0v) is 16.2. The van der Waals surface area contributed by atoms with Crippen LogP contribution in [0.5, 0.6) is 0 Å². The molecule has 0 unspecified atom stereocenters. The van der Waals surface area contributed by atoms with Crippen LogP contribution in [0.2, 0.25) is 5.02 Å². The molecule has 1 aromatic carbocycles. The number of fused-ring (bicyclic) bond motifs is 1. The maximum absolute atomic E-state index is 13.5. The van der Waals surface area contributed by atoms with Gasteiger partial charge in [-0.05, 0) is 24.6 Å². The first-order valence-electron chi connectivity index (χ1n) is 7.95. The van der Waals surface area contributed by atoms with Crippen LogP contribution in [0.3, 0.4) is 0 Å². The molecule has 3 atom stereocenters. The van der Waals surface area contributed by atoms with Gasteiger partial charge < -0.3 is 4.90 Å². The minimum atomic E-state index is -3.15. The number of sulfone groups is 1. The summed E-state index contributed by atoms with van der Waals surface area (Å²) in [5.41, 5.74) is 0.541. The lowest BCUT2D eigenvalue weighted by atomic mass is 10.1. The quantitative estimate of drug-likeness (QED) is 0.774. The van der Waals surface area contributed by atoms with E-state index >= 15 is 0 Å². The standard InChI is InChI=1S/C16H18ClFN2O3S2/c1-3-9(2)15(21)19-16-20(10-4-5-12(18)11(17)6-10)13-7-25(22,23)8-14(13)24-16/h4-6,9,13-14H,3,7-8H2,1-2H3/t9-,13+,14-/m0/s1. The van der Waals surface area contributed by atoms with Crippen molar-refractivity contribution in [1.82, 2.24) is 0 Å². The van der Waals surface area contributed by atoms with E-state index in [0.717, 1.165) is 0 Å². The first-order valence-corrected chi connectivity index (χ1v) is 11.0. The van der Waals surface area contributed by atoms with Gasteiger partial charge in [0.15, 0.2) is 15.0 Å². The van der Waals surface area contributed by atoms with Crippen LogP contribution >= 0.6 is 23.4 Å². The van der Waals surface area contributed by atoms with Crippen molar-refractivity contribution < 1.29 is 17.6 Å². The van der Waals surface area contributed by atoms with Crippen molar-refractivity contribution in [2.75, 3.05) is 16.4 Å². The van der Waals surface area contributed by atoms with Crippen molar-refractivity contribution in [3.63, 3.8) is 0 Å². The second kappa shape index (κ2) is 6.89.